The molecule has 0 amide bonds. The fourth-order valence-corrected chi connectivity index (χ4v) is 5.23. The molecule has 0 saturated carbocycles. The second kappa shape index (κ2) is 8.52. The zero-order valence-corrected chi connectivity index (χ0v) is 16.2. The molecule has 2 heterocycles. The van der Waals surface area contributed by atoms with E-state index in [0.717, 1.165) is 12.3 Å². The number of aromatic nitrogens is 1. The van der Waals surface area contributed by atoms with Crippen molar-refractivity contribution in [1.29, 1.82) is 0 Å². The largest absolute Gasteiger partial charge is 0.490 e. The van der Waals surface area contributed by atoms with Gasteiger partial charge in [0.05, 0.1) is 6.61 Å². The van der Waals surface area contributed by atoms with Crippen LogP contribution >= 0.6 is 23.5 Å². The molecule has 160 valence electrons. The second-order valence-electron chi connectivity index (χ2n) is 5.40. The highest BCUT2D eigenvalue weighted by Crippen LogP contribution is 2.66. The van der Waals surface area contributed by atoms with E-state index in [9.17, 15) is 32.9 Å². The molecule has 28 heavy (non-hydrogen) atoms. The molecule has 6 N–H and O–H groups in total. The van der Waals surface area contributed by atoms with Gasteiger partial charge in [-0.2, -0.15) is 8.62 Å². The number of hydrogen-bond acceptors (Lipinski definition) is 9. The van der Waals surface area contributed by atoms with Crippen LogP contribution < -0.4 is 5.56 Å². The summed E-state index contributed by atoms with van der Waals surface area (Å²) in [5.74, 6) is 0. The van der Waals surface area contributed by atoms with E-state index in [1.54, 1.807) is 0 Å². The fraction of sp³-hybridized carbons (Fsp3) is 0.500. The van der Waals surface area contributed by atoms with Crippen LogP contribution in [0, 0.1) is 0 Å². The predicted octanol–water partition coefficient (Wildman–Crippen LogP) is -0.143. The summed E-state index contributed by atoms with van der Waals surface area (Å²) in [6, 6.07) is 2.31. The van der Waals surface area contributed by atoms with Crippen LogP contribution in [0.25, 0.3) is 0 Å². The van der Waals surface area contributed by atoms with Gasteiger partial charge in [-0.05, 0) is 6.07 Å². The van der Waals surface area contributed by atoms with Crippen molar-refractivity contribution in [3.8, 4) is 0 Å². The molecular weight excluding hydrogens is 454 g/mol. The first-order valence-electron chi connectivity index (χ1n) is 7.14. The smallest absolute Gasteiger partial charge is 0.387 e. The van der Waals surface area contributed by atoms with Gasteiger partial charge in [0.2, 0.25) is 5.56 Å². The second-order valence-corrected chi connectivity index (χ2v) is 9.82. The summed E-state index contributed by atoms with van der Waals surface area (Å²) in [5, 5.41) is 9.83. The average molecular weight is 469 g/mol. The molecule has 3 unspecified atom stereocenters. The zero-order chi connectivity index (χ0) is 21.3. The Hall–Kier alpha value is -0.790. The Morgan fingerprint density at radius 1 is 1.11 bits per heavy atom. The number of aliphatic hydroxyl groups is 1. The highest BCUT2D eigenvalue weighted by atomic mass is 31.3. The van der Waals surface area contributed by atoms with E-state index in [1.807, 2.05) is 0 Å². The molecule has 1 aliphatic rings. The van der Waals surface area contributed by atoms with Crippen molar-refractivity contribution in [3.05, 3.63) is 34.2 Å². The monoisotopic (exact) mass is 469 g/mol. The highest BCUT2D eigenvalue weighted by Gasteiger charge is 2.47. The van der Waals surface area contributed by atoms with Crippen LogP contribution in [0.2, 0.25) is 0 Å². The lowest BCUT2D eigenvalue weighted by Gasteiger charge is -2.19. The summed E-state index contributed by atoms with van der Waals surface area (Å²) in [6.07, 6.45) is -5.61. The van der Waals surface area contributed by atoms with Gasteiger partial charge in [-0.3, -0.25) is 9.32 Å². The molecule has 1 aromatic rings. The Bertz CT molecular complexity index is 880. The van der Waals surface area contributed by atoms with Crippen LogP contribution in [0.1, 0.15) is 11.7 Å². The van der Waals surface area contributed by atoms with Gasteiger partial charge in [0.25, 0.3) is 0 Å². The van der Waals surface area contributed by atoms with E-state index >= 15 is 0 Å². The first kappa shape index (κ1) is 23.5. The number of halogens is 1. The highest BCUT2D eigenvalue weighted by molar-refractivity contribution is 7.66. The van der Waals surface area contributed by atoms with Crippen LogP contribution in [0.15, 0.2) is 23.1 Å². The number of H-pyrrole nitrogens is 1. The molecule has 1 saturated heterocycles. The maximum absolute atomic E-state index is 14.2. The van der Waals surface area contributed by atoms with Crippen molar-refractivity contribution in [2.24, 2.45) is 0 Å². The van der Waals surface area contributed by atoms with Crippen LogP contribution in [0.4, 0.5) is 4.39 Å². The topological polar surface area (TPSA) is 222 Å². The van der Waals surface area contributed by atoms with Crippen LogP contribution in [-0.4, -0.2) is 54.7 Å². The van der Waals surface area contributed by atoms with Gasteiger partial charge < -0.3 is 34.4 Å². The number of aromatic amines is 1. The summed E-state index contributed by atoms with van der Waals surface area (Å²) in [4.78, 5) is 48.5. The molecule has 0 bridgehead atoms. The van der Waals surface area contributed by atoms with Gasteiger partial charge in [0.1, 0.15) is 18.3 Å². The molecule has 18 heteroatoms. The van der Waals surface area contributed by atoms with Crippen molar-refractivity contribution in [3.63, 3.8) is 0 Å². The van der Waals surface area contributed by atoms with Crippen molar-refractivity contribution in [2.75, 3.05) is 6.61 Å². The van der Waals surface area contributed by atoms with Crippen LogP contribution in [-0.2, 0) is 31.6 Å². The number of alkyl halides is 1. The van der Waals surface area contributed by atoms with Gasteiger partial charge >= 0.3 is 23.5 Å². The molecule has 0 aliphatic carbocycles. The van der Waals surface area contributed by atoms with Gasteiger partial charge in [-0.1, -0.05) is 0 Å². The number of hydrogen-bond donors (Lipinski definition) is 6. The van der Waals surface area contributed by atoms with Gasteiger partial charge in [-0.25, -0.2) is 18.1 Å². The number of nitrogens with one attached hydrogen (secondary N) is 1. The van der Waals surface area contributed by atoms with Gasteiger partial charge in [0.15, 0.2) is 6.17 Å². The normalized spacial score (nSPS) is 29.9. The summed E-state index contributed by atoms with van der Waals surface area (Å²) < 4.78 is 64.1. The Morgan fingerprint density at radius 3 is 2.29 bits per heavy atom. The molecule has 0 spiro atoms. The van der Waals surface area contributed by atoms with Gasteiger partial charge in [0, 0.05) is 17.8 Å². The summed E-state index contributed by atoms with van der Waals surface area (Å²) in [6.45, 7) is -1.01. The molecule has 1 fully saturated rings. The Morgan fingerprint density at radius 2 is 1.75 bits per heavy atom. The van der Waals surface area contributed by atoms with Crippen LogP contribution in [0.3, 0.4) is 0 Å². The van der Waals surface area contributed by atoms with E-state index in [2.05, 4.69) is 18.1 Å². The van der Waals surface area contributed by atoms with Crippen LogP contribution in [0.5, 0.6) is 0 Å². The SMILES string of the molecule is O=c1ccc([C@@H]2O[C@H](COP(=O)(O)OP(=O)(O)OP(=O)(O)O)C(O)[C@@H]2F)c[nH]1. The Kier molecular flexibility index (Phi) is 7.15. The van der Waals surface area contributed by atoms with Crippen molar-refractivity contribution in [2.45, 2.75) is 24.5 Å². The van der Waals surface area contributed by atoms with E-state index in [4.69, 9.17) is 19.4 Å². The minimum absolute atomic E-state index is 0.145. The zero-order valence-electron chi connectivity index (χ0n) is 13.5. The van der Waals surface area contributed by atoms with E-state index in [1.165, 1.54) is 6.07 Å². The lowest BCUT2D eigenvalue weighted by molar-refractivity contribution is -0.0222. The molecule has 2 rings (SSSR count). The number of pyridine rings is 1. The summed E-state index contributed by atoms with van der Waals surface area (Å²) in [7, 11) is -16.7. The number of phosphoric ester groups is 1. The number of aliphatic hydroxyl groups excluding tert-OH is 1. The molecule has 0 aromatic carbocycles. The molecule has 0 radical (unpaired) electrons. The maximum Gasteiger partial charge on any atom is 0.490 e. The fourth-order valence-electron chi connectivity index (χ4n) is 2.20. The van der Waals surface area contributed by atoms with E-state index < -0.39 is 60.1 Å². The first-order chi connectivity index (χ1) is 12.7. The Balaban J connectivity index is 2.00. The molecule has 14 nitrogen and oxygen atoms in total. The van der Waals surface area contributed by atoms with Crippen molar-refractivity contribution in [1.82, 2.24) is 4.98 Å². The lowest BCUT2D eigenvalue weighted by Crippen LogP contribution is -2.31. The first-order valence-corrected chi connectivity index (χ1v) is 11.7. The molecular formula is C10H15FNO13P3. The average Bonchev–Trinajstić information content (AvgIpc) is 2.78. The predicted molar refractivity (Wildman–Crippen MR) is 85.4 cm³/mol. The van der Waals surface area contributed by atoms with E-state index in [0.29, 0.717) is 0 Å². The minimum Gasteiger partial charge on any atom is -0.387 e. The van der Waals surface area contributed by atoms with E-state index in [-0.39, 0.29) is 5.56 Å². The number of rotatable bonds is 8. The number of ether oxygens (including phenoxy) is 1. The quantitative estimate of drug-likeness (QED) is 0.273. The molecule has 1 aromatic heterocycles. The molecule has 1 aliphatic heterocycles. The standard InChI is InChI=1S/C10H15FNO13P3/c11-8-9(14)6(23-10(8)5-1-2-7(13)12-3-5)4-22-27(18,19)25-28(20,21)24-26(15,16)17/h1-3,6,8-10,14H,4H2,(H,12,13)(H,18,19)(H,20,21)(H2,15,16,17)/t6-,8+,9?,10+/m1/s1. The summed E-state index contributed by atoms with van der Waals surface area (Å²) >= 11 is 0. The van der Waals surface area contributed by atoms with Crippen molar-refractivity contribution < 1.29 is 60.6 Å². The minimum atomic E-state index is -5.70. The van der Waals surface area contributed by atoms with Crippen molar-refractivity contribution >= 4 is 23.5 Å². The third kappa shape index (κ3) is 6.63. The summed E-state index contributed by atoms with van der Waals surface area (Å²) in [5.41, 5.74) is -0.325. The lowest BCUT2D eigenvalue weighted by atomic mass is 10.0. The maximum atomic E-state index is 14.2. The third-order valence-electron chi connectivity index (χ3n) is 3.27. The number of phosphoric acid groups is 3. The van der Waals surface area contributed by atoms with Gasteiger partial charge in [-0.15, -0.1) is 0 Å². The third-order valence-corrected chi connectivity index (χ3v) is 7.08. The molecule has 6 atom stereocenters. The Labute approximate surface area is 155 Å².